The third kappa shape index (κ3) is 6.29. The Morgan fingerprint density at radius 2 is 1.86 bits per heavy atom. The molecule has 1 aliphatic rings. The number of alkyl halides is 2. The summed E-state index contributed by atoms with van der Waals surface area (Å²) in [5, 5.41) is 5.26. The van der Waals surface area contributed by atoms with Gasteiger partial charge in [-0.05, 0) is 47.2 Å². The molecule has 0 amide bonds. The SMILES string of the molecule is C=CCCOCCc1cccc(C2Oc3cccc(OC(F)F)c3-c3ccc(CS(N)(=O)=O)cc32)c1. The van der Waals surface area contributed by atoms with E-state index in [-0.39, 0.29) is 11.5 Å². The van der Waals surface area contributed by atoms with E-state index in [1.165, 1.54) is 6.07 Å². The Hall–Kier alpha value is -3.27. The first kappa shape index (κ1) is 25.8. The molecule has 0 fully saturated rings. The lowest BCUT2D eigenvalue weighted by Gasteiger charge is -2.31. The van der Waals surface area contributed by atoms with Crippen molar-refractivity contribution in [1.82, 2.24) is 0 Å². The maximum atomic E-state index is 13.1. The van der Waals surface area contributed by atoms with Crippen molar-refractivity contribution < 1.29 is 31.4 Å². The van der Waals surface area contributed by atoms with E-state index in [4.69, 9.17) is 19.3 Å². The van der Waals surface area contributed by atoms with Crippen LogP contribution in [-0.2, 0) is 26.9 Å². The molecule has 0 spiro atoms. The van der Waals surface area contributed by atoms with E-state index in [9.17, 15) is 17.2 Å². The molecule has 0 saturated carbocycles. The molecule has 1 aliphatic heterocycles. The van der Waals surface area contributed by atoms with Crippen LogP contribution in [0.3, 0.4) is 0 Å². The van der Waals surface area contributed by atoms with Crippen LogP contribution in [0.2, 0.25) is 0 Å². The number of sulfonamides is 1. The quantitative estimate of drug-likeness (QED) is 0.274. The van der Waals surface area contributed by atoms with Gasteiger partial charge in [-0.1, -0.05) is 54.6 Å². The summed E-state index contributed by atoms with van der Waals surface area (Å²) in [4.78, 5) is 0. The molecule has 0 aliphatic carbocycles. The number of hydrogen-bond donors (Lipinski definition) is 1. The number of primary sulfonamides is 1. The van der Waals surface area contributed by atoms with Gasteiger partial charge >= 0.3 is 6.61 Å². The molecule has 0 bridgehead atoms. The molecule has 6 nitrogen and oxygen atoms in total. The topological polar surface area (TPSA) is 87.8 Å². The molecule has 0 saturated heterocycles. The second kappa shape index (κ2) is 11.2. The van der Waals surface area contributed by atoms with E-state index in [0.29, 0.717) is 47.6 Å². The molecular formula is C27H27F2NO5S. The number of rotatable bonds is 11. The predicted octanol–water partition coefficient (Wildman–Crippen LogP) is 5.36. The van der Waals surface area contributed by atoms with Gasteiger partial charge in [0, 0.05) is 5.56 Å². The number of halogens is 2. The zero-order chi connectivity index (χ0) is 25.7. The van der Waals surface area contributed by atoms with Crippen LogP contribution in [0, 0.1) is 0 Å². The molecule has 1 unspecified atom stereocenters. The lowest BCUT2D eigenvalue weighted by atomic mass is 9.87. The minimum absolute atomic E-state index is 0.0215. The van der Waals surface area contributed by atoms with Crippen LogP contribution in [0.15, 0.2) is 73.3 Å². The maximum Gasteiger partial charge on any atom is 0.387 e. The first-order valence-corrected chi connectivity index (χ1v) is 13.1. The highest BCUT2D eigenvalue weighted by atomic mass is 32.2. The summed E-state index contributed by atoms with van der Waals surface area (Å²) in [6, 6.07) is 17.5. The van der Waals surface area contributed by atoms with E-state index >= 15 is 0 Å². The molecule has 1 atom stereocenters. The monoisotopic (exact) mass is 515 g/mol. The summed E-state index contributed by atoms with van der Waals surface area (Å²) in [5.41, 5.74) is 3.98. The summed E-state index contributed by atoms with van der Waals surface area (Å²) >= 11 is 0. The molecule has 1 heterocycles. The van der Waals surface area contributed by atoms with Gasteiger partial charge in [0.2, 0.25) is 10.0 Å². The number of ether oxygens (including phenoxy) is 3. The van der Waals surface area contributed by atoms with Crippen molar-refractivity contribution >= 4 is 10.0 Å². The normalized spacial score (nSPS) is 14.6. The van der Waals surface area contributed by atoms with Crippen LogP contribution in [0.5, 0.6) is 11.5 Å². The van der Waals surface area contributed by atoms with Crippen LogP contribution in [0.25, 0.3) is 11.1 Å². The van der Waals surface area contributed by atoms with Crippen molar-refractivity contribution in [1.29, 1.82) is 0 Å². The number of hydrogen-bond acceptors (Lipinski definition) is 5. The van der Waals surface area contributed by atoms with E-state index in [0.717, 1.165) is 17.5 Å². The fraction of sp³-hybridized carbons (Fsp3) is 0.259. The molecule has 2 N–H and O–H groups in total. The van der Waals surface area contributed by atoms with Crippen molar-refractivity contribution in [2.45, 2.75) is 31.3 Å². The Labute approximate surface area is 209 Å². The number of fused-ring (bicyclic) bond motifs is 3. The summed E-state index contributed by atoms with van der Waals surface area (Å²) in [6.07, 6.45) is 2.68. The summed E-state index contributed by atoms with van der Waals surface area (Å²) < 4.78 is 66.4. The summed E-state index contributed by atoms with van der Waals surface area (Å²) in [5.74, 6) is 0.00625. The van der Waals surface area contributed by atoms with Gasteiger partial charge in [0.05, 0.1) is 24.5 Å². The summed E-state index contributed by atoms with van der Waals surface area (Å²) in [7, 11) is -3.78. The van der Waals surface area contributed by atoms with Gasteiger partial charge in [0.1, 0.15) is 17.6 Å². The number of nitrogens with two attached hydrogens (primary N) is 1. The predicted molar refractivity (Wildman–Crippen MR) is 134 cm³/mol. The second-order valence-corrected chi connectivity index (χ2v) is 10.0. The molecule has 0 radical (unpaired) electrons. The van der Waals surface area contributed by atoms with Gasteiger partial charge in [-0.15, -0.1) is 6.58 Å². The highest BCUT2D eigenvalue weighted by molar-refractivity contribution is 7.88. The van der Waals surface area contributed by atoms with Crippen LogP contribution in [-0.4, -0.2) is 28.2 Å². The molecule has 4 rings (SSSR count). The Balaban J connectivity index is 1.74. The van der Waals surface area contributed by atoms with Crippen LogP contribution >= 0.6 is 0 Å². The molecule has 0 aromatic heterocycles. The van der Waals surface area contributed by atoms with E-state index in [1.54, 1.807) is 36.4 Å². The van der Waals surface area contributed by atoms with Gasteiger partial charge in [0.15, 0.2) is 0 Å². The fourth-order valence-corrected chi connectivity index (χ4v) is 4.90. The minimum atomic E-state index is -3.78. The first-order valence-electron chi connectivity index (χ1n) is 11.4. The zero-order valence-corrected chi connectivity index (χ0v) is 20.3. The molecule has 9 heteroatoms. The standard InChI is InChI=1S/C27H27F2NO5S/c1-2-3-13-33-14-12-18-6-4-7-20(15-18)26-22-16-19(17-36(30,31)32)10-11-21(22)25-23(34-26)8-5-9-24(25)35-27(28)29/h2,4-11,15-16,26-27H,1,3,12-14,17H2,(H2,30,31,32). The number of benzene rings is 3. The average molecular weight is 516 g/mol. The second-order valence-electron chi connectivity index (χ2n) is 8.42. The third-order valence-electron chi connectivity index (χ3n) is 5.74. The van der Waals surface area contributed by atoms with E-state index < -0.39 is 22.7 Å². The molecule has 190 valence electrons. The largest absolute Gasteiger partial charge is 0.480 e. The van der Waals surface area contributed by atoms with Gasteiger partial charge in [0.25, 0.3) is 0 Å². The molecule has 3 aromatic carbocycles. The average Bonchev–Trinajstić information content (AvgIpc) is 2.82. The van der Waals surface area contributed by atoms with Gasteiger partial charge in [-0.25, -0.2) is 13.6 Å². The van der Waals surface area contributed by atoms with Crippen molar-refractivity contribution in [3.05, 3.63) is 95.6 Å². The van der Waals surface area contributed by atoms with Crippen LogP contribution in [0.1, 0.15) is 34.8 Å². The van der Waals surface area contributed by atoms with Gasteiger partial charge in [-0.3, -0.25) is 0 Å². The molecule has 36 heavy (non-hydrogen) atoms. The van der Waals surface area contributed by atoms with Gasteiger partial charge in [-0.2, -0.15) is 8.78 Å². The maximum absolute atomic E-state index is 13.1. The van der Waals surface area contributed by atoms with Gasteiger partial charge < -0.3 is 14.2 Å². The minimum Gasteiger partial charge on any atom is -0.480 e. The van der Waals surface area contributed by atoms with Crippen molar-refractivity contribution in [3.8, 4) is 22.6 Å². The smallest absolute Gasteiger partial charge is 0.387 e. The lowest BCUT2D eigenvalue weighted by Crippen LogP contribution is -2.19. The lowest BCUT2D eigenvalue weighted by molar-refractivity contribution is -0.0496. The molecular weight excluding hydrogens is 488 g/mol. The van der Waals surface area contributed by atoms with Crippen molar-refractivity contribution in [2.24, 2.45) is 5.14 Å². The zero-order valence-electron chi connectivity index (χ0n) is 19.5. The van der Waals surface area contributed by atoms with Crippen molar-refractivity contribution in [2.75, 3.05) is 13.2 Å². The Bertz CT molecular complexity index is 1340. The Kier molecular flexibility index (Phi) is 8.03. The third-order valence-corrected chi connectivity index (χ3v) is 6.48. The van der Waals surface area contributed by atoms with Crippen LogP contribution in [0.4, 0.5) is 8.78 Å². The highest BCUT2D eigenvalue weighted by Gasteiger charge is 2.31. The van der Waals surface area contributed by atoms with Crippen LogP contribution < -0.4 is 14.6 Å². The van der Waals surface area contributed by atoms with Crippen molar-refractivity contribution in [3.63, 3.8) is 0 Å². The fourth-order valence-electron chi connectivity index (χ4n) is 4.26. The highest BCUT2D eigenvalue weighted by Crippen LogP contribution is 2.49. The Morgan fingerprint density at radius 3 is 2.61 bits per heavy atom. The first-order chi connectivity index (χ1) is 17.2. The molecule has 3 aromatic rings. The van der Waals surface area contributed by atoms with E-state index in [2.05, 4.69) is 6.58 Å². The van der Waals surface area contributed by atoms with E-state index in [1.807, 2.05) is 24.3 Å². The Morgan fingerprint density at radius 1 is 1.06 bits per heavy atom. The summed E-state index contributed by atoms with van der Waals surface area (Å²) in [6.45, 7) is 1.83.